The maximum Gasteiger partial charge on any atom is 0.0659 e. The molecule has 1 saturated heterocycles. The summed E-state index contributed by atoms with van der Waals surface area (Å²) in [6, 6.07) is 0. The highest BCUT2D eigenvalue weighted by molar-refractivity contribution is 4.85. The number of piperidine rings is 1. The highest BCUT2D eigenvalue weighted by atomic mass is 16.3. The van der Waals surface area contributed by atoms with E-state index in [0.29, 0.717) is 5.92 Å². The predicted molar refractivity (Wildman–Crippen MR) is 78.8 cm³/mol. The molecule has 0 saturated carbocycles. The van der Waals surface area contributed by atoms with Gasteiger partial charge in [0, 0.05) is 6.54 Å². The Labute approximate surface area is 114 Å². The van der Waals surface area contributed by atoms with Crippen LogP contribution in [0.4, 0.5) is 0 Å². The van der Waals surface area contributed by atoms with Crippen molar-refractivity contribution in [3.05, 3.63) is 0 Å². The van der Waals surface area contributed by atoms with Gasteiger partial charge in [-0.25, -0.2) is 0 Å². The first-order chi connectivity index (χ1) is 8.67. The fourth-order valence-electron chi connectivity index (χ4n) is 3.03. The Hall–Kier alpha value is -0.0800. The molecule has 2 atom stereocenters. The van der Waals surface area contributed by atoms with Crippen molar-refractivity contribution in [2.24, 2.45) is 5.92 Å². The van der Waals surface area contributed by atoms with E-state index in [2.05, 4.69) is 12.2 Å². The van der Waals surface area contributed by atoms with Crippen LogP contribution in [0.2, 0.25) is 0 Å². The van der Waals surface area contributed by atoms with Crippen molar-refractivity contribution < 1.29 is 5.11 Å². The lowest BCUT2D eigenvalue weighted by atomic mass is 9.80. The molecule has 1 aliphatic rings. The third-order valence-electron chi connectivity index (χ3n) is 4.46. The van der Waals surface area contributed by atoms with Gasteiger partial charge in [0.15, 0.2) is 0 Å². The van der Waals surface area contributed by atoms with Crippen LogP contribution in [0.15, 0.2) is 0 Å². The van der Waals surface area contributed by atoms with E-state index in [1.54, 1.807) is 0 Å². The van der Waals surface area contributed by atoms with Crippen molar-refractivity contribution >= 4 is 0 Å². The summed E-state index contributed by atoms with van der Waals surface area (Å²) in [4.78, 5) is 0. The van der Waals surface area contributed by atoms with Crippen LogP contribution in [0.25, 0.3) is 0 Å². The summed E-state index contributed by atoms with van der Waals surface area (Å²) in [5, 5.41) is 13.9. The zero-order valence-electron chi connectivity index (χ0n) is 12.5. The molecule has 2 nitrogen and oxygen atoms in total. The number of aliphatic hydroxyl groups is 1. The molecule has 0 bridgehead atoms. The van der Waals surface area contributed by atoms with Crippen LogP contribution in [0.3, 0.4) is 0 Å². The van der Waals surface area contributed by atoms with Crippen molar-refractivity contribution in [2.75, 3.05) is 13.1 Å². The SMILES string of the molecule is CCCCCCCCCC(C)(O)C1CCCNC1. The van der Waals surface area contributed by atoms with Gasteiger partial charge in [0.25, 0.3) is 0 Å². The second-order valence-corrected chi connectivity index (χ2v) is 6.27. The average Bonchev–Trinajstić information content (AvgIpc) is 2.39. The molecule has 1 fully saturated rings. The zero-order valence-corrected chi connectivity index (χ0v) is 12.5. The van der Waals surface area contributed by atoms with E-state index in [4.69, 9.17) is 0 Å². The molecule has 0 amide bonds. The first kappa shape index (κ1) is 16.0. The van der Waals surface area contributed by atoms with Gasteiger partial charge < -0.3 is 10.4 Å². The van der Waals surface area contributed by atoms with Crippen molar-refractivity contribution in [1.29, 1.82) is 0 Å². The molecule has 0 aliphatic carbocycles. The third-order valence-corrected chi connectivity index (χ3v) is 4.46. The Balaban J connectivity index is 2.05. The molecule has 2 N–H and O–H groups in total. The summed E-state index contributed by atoms with van der Waals surface area (Å²) >= 11 is 0. The number of nitrogens with one attached hydrogen (secondary N) is 1. The quantitative estimate of drug-likeness (QED) is 0.613. The van der Waals surface area contributed by atoms with Gasteiger partial charge in [0.2, 0.25) is 0 Å². The number of hydrogen-bond donors (Lipinski definition) is 2. The van der Waals surface area contributed by atoms with Crippen LogP contribution in [-0.2, 0) is 0 Å². The summed E-state index contributed by atoms with van der Waals surface area (Å²) < 4.78 is 0. The third kappa shape index (κ3) is 6.19. The molecule has 1 aliphatic heterocycles. The van der Waals surface area contributed by atoms with Crippen LogP contribution >= 0.6 is 0 Å². The topological polar surface area (TPSA) is 32.3 Å². The van der Waals surface area contributed by atoms with Gasteiger partial charge in [-0.05, 0) is 38.6 Å². The lowest BCUT2D eigenvalue weighted by Crippen LogP contribution is -2.44. The summed E-state index contributed by atoms with van der Waals surface area (Å²) in [7, 11) is 0. The first-order valence-electron chi connectivity index (χ1n) is 8.10. The van der Waals surface area contributed by atoms with Gasteiger partial charge in [-0.15, -0.1) is 0 Å². The first-order valence-corrected chi connectivity index (χ1v) is 8.10. The molecule has 0 aromatic rings. The average molecular weight is 255 g/mol. The van der Waals surface area contributed by atoms with Crippen LogP contribution in [0, 0.1) is 5.92 Å². The van der Waals surface area contributed by atoms with E-state index in [0.717, 1.165) is 19.5 Å². The number of rotatable bonds is 9. The Morgan fingerprint density at radius 3 is 2.39 bits per heavy atom. The molecular weight excluding hydrogens is 222 g/mol. The van der Waals surface area contributed by atoms with Crippen LogP contribution in [0.5, 0.6) is 0 Å². The largest absolute Gasteiger partial charge is 0.390 e. The molecule has 1 heterocycles. The van der Waals surface area contributed by atoms with Gasteiger partial charge in [-0.3, -0.25) is 0 Å². The van der Waals surface area contributed by atoms with Crippen LogP contribution in [-0.4, -0.2) is 23.8 Å². The smallest absolute Gasteiger partial charge is 0.0659 e. The number of hydrogen-bond acceptors (Lipinski definition) is 2. The lowest BCUT2D eigenvalue weighted by Gasteiger charge is -2.36. The molecule has 2 heteroatoms. The second kappa shape index (κ2) is 8.92. The molecule has 0 aromatic carbocycles. The van der Waals surface area contributed by atoms with Crippen LogP contribution < -0.4 is 5.32 Å². The Morgan fingerprint density at radius 2 is 1.78 bits per heavy atom. The maximum absolute atomic E-state index is 10.5. The van der Waals surface area contributed by atoms with E-state index in [-0.39, 0.29) is 0 Å². The molecule has 108 valence electrons. The summed E-state index contributed by atoms with van der Waals surface area (Å²) in [5.41, 5.74) is -0.448. The van der Waals surface area contributed by atoms with Crippen molar-refractivity contribution in [3.63, 3.8) is 0 Å². The van der Waals surface area contributed by atoms with Gasteiger partial charge in [0.1, 0.15) is 0 Å². The normalized spacial score (nSPS) is 23.8. The Morgan fingerprint density at radius 1 is 1.11 bits per heavy atom. The summed E-state index contributed by atoms with van der Waals surface area (Å²) in [6.07, 6.45) is 12.7. The monoisotopic (exact) mass is 255 g/mol. The van der Waals surface area contributed by atoms with Crippen molar-refractivity contribution in [2.45, 2.75) is 83.7 Å². The maximum atomic E-state index is 10.5. The van der Waals surface area contributed by atoms with Gasteiger partial charge >= 0.3 is 0 Å². The van der Waals surface area contributed by atoms with Crippen molar-refractivity contribution in [3.8, 4) is 0 Å². The molecule has 1 rings (SSSR count). The molecule has 0 aromatic heterocycles. The van der Waals surface area contributed by atoms with E-state index in [1.807, 2.05) is 6.92 Å². The van der Waals surface area contributed by atoms with E-state index < -0.39 is 5.60 Å². The number of unbranched alkanes of at least 4 members (excludes halogenated alkanes) is 6. The van der Waals surface area contributed by atoms with Gasteiger partial charge in [0.05, 0.1) is 5.60 Å². The summed E-state index contributed by atoms with van der Waals surface area (Å²) in [6.45, 7) is 6.44. The fourth-order valence-corrected chi connectivity index (χ4v) is 3.03. The molecule has 0 radical (unpaired) electrons. The zero-order chi connectivity index (χ0) is 13.3. The fraction of sp³-hybridized carbons (Fsp3) is 1.00. The highest BCUT2D eigenvalue weighted by Crippen LogP contribution is 2.28. The van der Waals surface area contributed by atoms with Gasteiger partial charge in [-0.1, -0.05) is 51.9 Å². The van der Waals surface area contributed by atoms with E-state index in [1.165, 1.54) is 57.8 Å². The second-order valence-electron chi connectivity index (χ2n) is 6.27. The predicted octanol–water partition coefficient (Wildman–Crippen LogP) is 3.88. The van der Waals surface area contributed by atoms with E-state index in [9.17, 15) is 5.11 Å². The van der Waals surface area contributed by atoms with Crippen LogP contribution in [0.1, 0.15) is 78.1 Å². The Kier molecular flexibility index (Phi) is 7.92. The minimum atomic E-state index is -0.448. The molecule has 0 spiro atoms. The summed E-state index contributed by atoms with van der Waals surface area (Å²) in [5.74, 6) is 0.464. The lowest BCUT2D eigenvalue weighted by molar-refractivity contribution is -0.0199. The molecular formula is C16H33NO. The molecule has 2 unspecified atom stereocenters. The van der Waals surface area contributed by atoms with Crippen molar-refractivity contribution in [1.82, 2.24) is 5.32 Å². The minimum absolute atomic E-state index is 0.448. The standard InChI is InChI=1S/C16H33NO/c1-3-4-5-6-7-8-9-12-16(2,18)15-11-10-13-17-14-15/h15,17-18H,3-14H2,1-2H3. The Bertz CT molecular complexity index is 197. The van der Waals surface area contributed by atoms with E-state index >= 15 is 0 Å². The van der Waals surface area contributed by atoms with Gasteiger partial charge in [-0.2, -0.15) is 0 Å². The minimum Gasteiger partial charge on any atom is -0.390 e. The highest BCUT2D eigenvalue weighted by Gasteiger charge is 2.31. The molecule has 18 heavy (non-hydrogen) atoms.